The normalized spacial score (nSPS) is 29.4. The van der Waals surface area contributed by atoms with E-state index in [4.69, 9.17) is 24.4 Å². The third-order valence-corrected chi connectivity index (χ3v) is 2.64. The third-order valence-electron chi connectivity index (χ3n) is 2.64. The van der Waals surface area contributed by atoms with Gasteiger partial charge in [-0.3, -0.25) is 0 Å². The Kier molecular flexibility index (Phi) is 3.60. The van der Waals surface area contributed by atoms with E-state index in [9.17, 15) is 9.59 Å². The summed E-state index contributed by atoms with van der Waals surface area (Å²) in [7, 11) is 0. The highest BCUT2D eigenvalue weighted by molar-refractivity contribution is 5.75. The first-order valence-corrected chi connectivity index (χ1v) is 5.40. The molecule has 0 amide bonds. The lowest BCUT2D eigenvalue weighted by Crippen LogP contribution is -2.35. The molecule has 2 rings (SSSR count). The Bertz CT molecular complexity index is 278. The smallest absolute Gasteiger partial charge is 0.332 e. The van der Waals surface area contributed by atoms with E-state index in [1.807, 2.05) is 0 Å². The SMILES string of the molecule is O=C(O)C(CC1CO1)OC(CC1CO1)C(=O)O. The first-order chi connectivity index (χ1) is 8.06. The van der Waals surface area contributed by atoms with Crippen LogP contribution in [0.2, 0.25) is 0 Å². The third kappa shape index (κ3) is 3.95. The number of rotatable bonds is 8. The van der Waals surface area contributed by atoms with Gasteiger partial charge in [-0.05, 0) is 0 Å². The van der Waals surface area contributed by atoms with Gasteiger partial charge in [-0.1, -0.05) is 0 Å². The van der Waals surface area contributed by atoms with Gasteiger partial charge in [-0.15, -0.1) is 0 Å². The molecule has 17 heavy (non-hydrogen) atoms. The Labute approximate surface area is 97.3 Å². The molecule has 0 spiro atoms. The second kappa shape index (κ2) is 4.99. The van der Waals surface area contributed by atoms with Crippen molar-refractivity contribution in [1.29, 1.82) is 0 Å². The van der Waals surface area contributed by atoms with Crippen molar-refractivity contribution in [2.45, 2.75) is 37.3 Å². The van der Waals surface area contributed by atoms with E-state index < -0.39 is 24.1 Å². The van der Waals surface area contributed by atoms with Gasteiger partial charge in [0.2, 0.25) is 0 Å². The molecule has 2 fully saturated rings. The number of epoxide rings is 2. The molecule has 2 heterocycles. The molecule has 7 heteroatoms. The van der Waals surface area contributed by atoms with Crippen LogP contribution in [0, 0.1) is 0 Å². The molecule has 7 nitrogen and oxygen atoms in total. The molecule has 2 aliphatic heterocycles. The molecule has 0 aliphatic carbocycles. The maximum atomic E-state index is 10.9. The monoisotopic (exact) mass is 246 g/mol. The average molecular weight is 246 g/mol. The fourth-order valence-corrected chi connectivity index (χ4v) is 1.51. The number of carboxylic acids is 2. The van der Waals surface area contributed by atoms with Crippen LogP contribution < -0.4 is 0 Å². The number of carbonyl (C=O) groups is 2. The Morgan fingerprint density at radius 2 is 1.41 bits per heavy atom. The van der Waals surface area contributed by atoms with E-state index in [1.54, 1.807) is 0 Å². The van der Waals surface area contributed by atoms with Crippen molar-refractivity contribution in [3.05, 3.63) is 0 Å². The molecule has 0 aromatic rings. The minimum absolute atomic E-state index is 0.122. The van der Waals surface area contributed by atoms with Gasteiger partial charge in [-0.25, -0.2) is 9.59 Å². The molecule has 4 atom stereocenters. The molecule has 0 radical (unpaired) electrons. The van der Waals surface area contributed by atoms with Crippen molar-refractivity contribution in [2.24, 2.45) is 0 Å². The predicted octanol–water partition coefficient (Wildman–Crippen LogP) is -0.513. The molecule has 2 saturated heterocycles. The molecule has 2 aliphatic rings. The summed E-state index contributed by atoms with van der Waals surface area (Å²) in [5.41, 5.74) is 0. The quantitative estimate of drug-likeness (QED) is 0.555. The molecule has 0 aromatic heterocycles. The maximum Gasteiger partial charge on any atom is 0.332 e. The lowest BCUT2D eigenvalue weighted by molar-refractivity contribution is -0.166. The lowest BCUT2D eigenvalue weighted by atomic mass is 10.1. The molecule has 0 saturated carbocycles. The van der Waals surface area contributed by atoms with Gasteiger partial charge in [0.1, 0.15) is 0 Å². The van der Waals surface area contributed by atoms with Crippen LogP contribution in [0.1, 0.15) is 12.8 Å². The fraction of sp³-hybridized carbons (Fsp3) is 0.800. The number of ether oxygens (including phenoxy) is 3. The zero-order valence-electron chi connectivity index (χ0n) is 9.07. The molecule has 0 bridgehead atoms. The molecule has 2 N–H and O–H groups in total. The zero-order chi connectivity index (χ0) is 12.4. The number of carboxylic acid groups (broad SMARTS) is 2. The first-order valence-electron chi connectivity index (χ1n) is 5.40. The fourth-order valence-electron chi connectivity index (χ4n) is 1.51. The predicted molar refractivity (Wildman–Crippen MR) is 52.6 cm³/mol. The maximum absolute atomic E-state index is 10.9. The highest BCUT2D eigenvalue weighted by atomic mass is 16.6. The average Bonchev–Trinajstić information content (AvgIpc) is 3.10. The number of aliphatic carboxylic acids is 2. The minimum atomic E-state index is -1.16. The Hall–Kier alpha value is -1.18. The number of hydrogen-bond acceptors (Lipinski definition) is 5. The van der Waals surface area contributed by atoms with Gasteiger partial charge in [-0.2, -0.15) is 0 Å². The lowest BCUT2D eigenvalue weighted by Gasteiger charge is -2.18. The summed E-state index contributed by atoms with van der Waals surface area (Å²) >= 11 is 0. The van der Waals surface area contributed by atoms with E-state index in [0.717, 1.165) is 0 Å². The molecule has 0 aromatic carbocycles. The van der Waals surface area contributed by atoms with Crippen LogP contribution in [0.15, 0.2) is 0 Å². The Morgan fingerprint density at radius 3 is 1.65 bits per heavy atom. The molecule has 96 valence electrons. The second-order valence-electron chi connectivity index (χ2n) is 4.17. The van der Waals surface area contributed by atoms with Gasteiger partial charge in [0.15, 0.2) is 12.2 Å². The summed E-state index contributed by atoms with van der Waals surface area (Å²) in [6.45, 7) is 1.02. The minimum Gasteiger partial charge on any atom is -0.479 e. The summed E-state index contributed by atoms with van der Waals surface area (Å²) in [5.74, 6) is -2.33. The Balaban J connectivity index is 1.87. The summed E-state index contributed by atoms with van der Waals surface area (Å²) in [6, 6.07) is 0. The second-order valence-corrected chi connectivity index (χ2v) is 4.17. The van der Waals surface area contributed by atoms with E-state index in [-0.39, 0.29) is 25.0 Å². The van der Waals surface area contributed by atoms with Crippen molar-refractivity contribution >= 4 is 11.9 Å². The van der Waals surface area contributed by atoms with Gasteiger partial charge in [0, 0.05) is 12.8 Å². The van der Waals surface area contributed by atoms with Crippen LogP contribution in [0.4, 0.5) is 0 Å². The van der Waals surface area contributed by atoms with Crippen molar-refractivity contribution in [3.63, 3.8) is 0 Å². The Morgan fingerprint density at radius 1 is 1.06 bits per heavy atom. The topological polar surface area (TPSA) is 109 Å². The van der Waals surface area contributed by atoms with Gasteiger partial charge in [0.05, 0.1) is 25.4 Å². The van der Waals surface area contributed by atoms with Crippen LogP contribution in [0.25, 0.3) is 0 Å². The standard InChI is InChI=1S/C10H14O7/c11-9(12)7(1-5-3-15-5)17-8(10(13)14)2-6-4-16-6/h5-8H,1-4H2,(H,11,12)(H,13,14). The summed E-state index contributed by atoms with van der Waals surface area (Å²) in [6.07, 6.45) is -2.15. The van der Waals surface area contributed by atoms with Gasteiger partial charge in [0.25, 0.3) is 0 Å². The first kappa shape index (κ1) is 12.3. The van der Waals surface area contributed by atoms with Crippen molar-refractivity contribution < 1.29 is 34.0 Å². The van der Waals surface area contributed by atoms with Crippen LogP contribution in [0.3, 0.4) is 0 Å². The van der Waals surface area contributed by atoms with E-state index >= 15 is 0 Å². The van der Waals surface area contributed by atoms with Crippen LogP contribution in [-0.2, 0) is 23.8 Å². The van der Waals surface area contributed by atoms with Crippen molar-refractivity contribution in [3.8, 4) is 0 Å². The van der Waals surface area contributed by atoms with Crippen LogP contribution in [-0.4, -0.2) is 59.8 Å². The van der Waals surface area contributed by atoms with Gasteiger partial charge >= 0.3 is 11.9 Å². The van der Waals surface area contributed by atoms with Crippen LogP contribution in [0.5, 0.6) is 0 Å². The summed E-state index contributed by atoms with van der Waals surface area (Å²) in [4.78, 5) is 21.8. The van der Waals surface area contributed by atoms with E-state index in [0.29, 0.717) is 13.2 Å². The van der Waals surface area contributed by atoms with Gasteiger partial charge < -0.3 is 24.4 Å². The van der Waals surface area contributed by atoms with Crippen molar-refractivity contribution in [2.75, 3.05) is 13.2 Å². The summed E-state index contributed by atoms with van der Waals surface area (Å²) in [5, 5.41) is 17.9. The summed E-state index contributed by atoms with van der Waals surface area (Å²) < 4.78 is 14.9. The van der Waals surface area contributed by atoms with E-state index in [1.165, 1.54) is 0 Å². The highest BCUT2D eigenvalue weighted by Crippen LogP contribution is 2.22. The molecular formula is C10H14O7. The van der Waals surface area contributed by atoms with E-state index in [2.05, 4.69) is 0 Å². The highest BCUT2D eigenvalue weighted by Gasteiger charge is 2.37. The largest absolute Gasteiger partial charge is 0.479 e. The zero-order valence-corrected chi connectivity index (χ0v) is 9.07. The number of hydrogen-bond donors (Lipinski definition) is 2. The molecular weight excluding hydrogens is 232 g/mol. The van der Waals surface area contributed by atoms with Crippen molar-refractivity contribution in [1.82, 2.24) is 0 Å². The van der Waals surface area contributed by atoms with Crippen LogP contribution >= 0.6 is 0 Å². The molecule has 4 unspecified atom stereocenters.